The number of alkyl halides is 3. The summed E-state index contributed by atoms with van der Waals surface area (Å²) in [7, 11) is 0. The minimum absolute atomic E-state index is 0.0794. The van der Waals surface area contributed by atoms with Gasteiger partial charge in [-0.05, 0) is 62.3 Å². The van der Waals surface area contributed by atoms with Crippen molar-refractivity contribution in [2.45, 2.75) is 25.6 Å². The van der Waals surface area contributed by atoms with E-state index in [1.807, 2.05) is 29.2 Å². The molecule has 3 aromatic heterocycles. The van der Waals surface area contributed by atoms with E-state index in [1.165, 1.54) is 25.0 Å². The van der Waals surface area contributed by atoms with Crippen molar-refractivity contribution in [3.05, 3.63) is 90.5 Å². The van der Waals surface area contributed by atoms with Gasteiger partial charge in [0, 0.05) is 46.9 Å². The molecule has 0 atom stereocenters. The number of benzene rings is 2. The van der Waals surface area contributed by atoms with E-state index < -0.39 is 17.6 Å². The van der Waals surface area contributed by atoms with E-state index in [0.29, 0.717) is 11.3 Å². The van der Waals surface area contributed by atoms with Gasteiger partial charge in [0.25, 0.3) is 5.91 Å². The summed E-state index contributed by atoms with van der Waals surface area (Å²) in [6.45, 7) is 4.08. The summed E-state index contributed by atoms with van der Waals surface area (Å²) in [6, 6.07) is 13.2. The summed E-state index contributed by atoms with van der Waals surface area (Å²) in [5.74, 6) is -0.633. The molecule has 2 aromatic carbocycles. The lowest BCUT2D eigenvalue weighted by Gasteiger charge is -2.13. The Hall–Kier alpha value is -4.51. The van der Waals surface area contributed by atoms with Gasteiger partial charge < -0.3 is 10.2 Å². The van der Waals surface area contributed by atoms with Crippen molar-refractivity contribution in [3.8, 4) is 22.4 Å². The highest BCUT2D eigenvalue weighted by molar-refractivity contribution is 6.04. The number of rotatable bonds is 7. The van der Waals surface area contributed by atoms with Crippen molar-refractivity contribution < 1.29 is 18.0 Å². The van der Waals surface area contributed by atoms with Gasteiger partial charge in [-0.25, -0.2) is 9.50 Å². The van der Waals surface area contributed by atoms with Gasteiger partial charge in [0.15, 0.2) is 5.65 Å². The first-order chi connectivity index (χ1) is 19.3. The predicted octanol–water partition coefficient (Wildman–Crippen LogP) is 5.63. The second-order valence-electron chi connectivity index (χ2n) is 9.78. The number of carbonyl (C=O) groups excluding carboxylic acids is 1. The number of halogens is 3. The summed E-state index contributed by atoms with van der Waals surface area (Å²) in [5.41, 5.74) is 3.42. The lowest BCUT2D eigenvalue weighted by Crippen LogP contribution is -2.24. The fourth-order valence-corrected chi connectivity index (χ4v) is 4.99. The van der Waals surface area contributed by atoms with Gasteiger partial charge in [-0.3, -0.25) is 9.48 Å². The van der Waals surface area contributed by atoms with Gasteiger partial charge in [-0.2, -0.15) is 23.4 Å². The number of carbonyl (C=O) groups is 1. The molecule has 0 saturated carbocycles. The maximum atomic E-state index is 13.1. The Morgan fingerprint density at radius 1 is 0.925 bits per heavy atom. The van der Waals surface area contributed by atoms with Crippen molar-refractivity contribution in [2.24, 2.45) is 0 Å². The van der Waals surface area contributed by atoms with Crippen LogP contribution < -0.4 is 5.32 Å². The number of anilines is 1. The number of hydrogen-bond acceptors (Lipinski definition) is 5. The van der Waals surface area contributed by atoms with Gasteiger partial charge >= 0.3 is 6.18 Å². The van der Waals surface area contributed by atoms with Crippen molar-refractivity contribution in [1.29, 1.82) is 0 Å². The minimum atomic E-state index is -4.53. The van der Waals surface area contributed by atoms with E-state index >= 15 is 0 Å². The molecule has 1 aliphatic heterocycles. The SMILES string of the molecule is O=C(Nc1cccc(-c2ccnc3c(-c4cnn(CCN5CCCC5)c4)cnn23)c1)c1cccc(C(F)(F)F)c1. The van der Waals surface area contributed by atoms with Crippen molar-refractivity contribution in [1.82, 2.24) is 29.3 Å². The average Bonchev–Trinajstić information content (AvgIpc) is 3.72. The van der Waals surface area contributed by atoms with E-state index in [4.69, 9.17) is 0 Å². The van der Waals surface area contributed by atoms with Gasteiger partial charge in [0.2, 0.25) is 0 Å². The molecule has 1 aliphatic rings. The highest BCUT2D eigenvalue weighted by atomic mass is 19.4. The second-order valence-corrected chi connectivity index (χ2v) is 9.78. The summed E-state index contributed by atoms with van der Waals surface area (Å²) in [6.07, 6.45) is 5.26. The lowest BCUT2D eigenvalue weighted by atomic mass is 10.1. The van der Waals surface area contributed by atoms with E-state index in [0.717, 1.165) is 60.7 Å². The Morgan fingerprint density at radius 2 is 1.75 bits per heavy atom. The first kappa shape index (κ1) is 25.8. The van der Waals surface area contributed by atoms with E-state index in [9.17, 15) is 18.0 Å². The molecule has 0 radical (unpaired) electrons. The molecule has 5 aromatic rings. The van der Waals surface area contributed by atoms with Gasteiger partial charge in [0.1, 0.15) is 0 Å². The zero-order chi connectivity index (χ0) is 27.7. The molecular formula is C29H26F3N7O. The van der Waals surface area contributed by atoms with Crippen LogP contribution in [0.1, 0.15) is 28.8 Å². The molecule has 40 heavy (non-hydrogen) atoms. The normalized spacial score (nSPS) is 14.2. The number of aromatic nitrogens is 5. The van der Waals surface area contributed by atoms with Crippen molar-refractivity contribution in [2.75, 3.05) is 25.0 Å². The zero-order valence-electron chi connectivity index (χ0n) is 21.5. The Balaban J connectivity index is 1.23. The number of fused-ring (bicyclic) bond motifs is 1. The largest absolute Gasteiger partial charge is 0.416 e. The van der Waals surface area contributed by atoms with Crippen LogP contribution in [0.4, 0.5) is 18.9 Å². The molecule has 0 spiro atoms. The second kappa shape index (κ2) is 10.6. The summed E-state index contributed by atoms with van der Waals surface area (Å²) >= 11 is 0. The molecule has 0 bridgehead atoms. The quantitative estimate of drug-likeness (QED) is 0.287. The van der Waals surface area contributed by atoms with Crippen LogP contribution in [0, 0.1) is 0 Å². The smallest absolute Gasteiger partial charge is 0.322 e. The number of nitrogens with zero attached hydrogens (tertiary/aromatic N) is 6. The van der Waals surface area contributed by atoms with Crippen molar-refractivity contribution >= 4 is 17.2 Å². The predicted molar refractivity (Wildman–Crippen MR) is 145 cm³/mol. The molecule has 4 heterocycles. The number of amides is 1. The van der Waals surface area contributed by atoms with Gasteiger partial charge in [0.05, 0.1) is 30.2 Å². The molecule has 1 saturated heterocycles. The molecule has 11 heteroatoms. The fourth-order valence-electron chi connectivity index (χ4n) is 4.99. The van der Waals surface area contributed by atoms with E-state index in [-0.39, 0.29) is 5.56 Å². The Bertz CT molecular complexity index is 1670. The highest BCUT2D eigenvalue weighted by Gasteiger charge is 2.31. The molecule has 0 unspecified atom stereocenters. The Morgan fingerprint density at radius 3 is 2.58 bits per heavy atom. The maximum Gasteiger partial charge on any atom is 0.416 e. The third-order valence-electron chi connectivity index (χ3n) is 7.06. The lowest BCUT2D eigenvalue weighted by molar-refractivity contribution is -0.137. The molecule has 6 rings (SSSR count). The number of likely N-dealkylation sites (tertiary alicyclic amines) is 1. The first-order valence-corrected chi connectivity index (χ1v) is 13.0. The van der Waals surface area contributed by atoms with Crippen LogP contribution in [0.2, 0.25) is 0 Å². The summed E-state index contributed by atoms with van der Waals surface area (Å²) in [4.78, 5) is 19.7. The molecule has 1 amide bonds. The summed E-state index contributed by atoms with van der Waals surface area (Å²) < 4.78 is 42.9. The van der Waals surface area contributed by atoms with Crippen LogP contribution in [-0.2, 0) is 12.7 Å². The van der Waals surface area contributed by atoms with Crippen molar-refractivity contribution in [3.63, 3.8) is 0 Å². The first-order valence-electron chi connectivity index (χ1n) is 13.0. The Kier molecular flexibility index (Phi) is 6.81. The third-order valence-corrected chi connectivity index (χ3v) is 7.06. The standard InChI is InChI=1S/C29H26F3N7O/c30-29(31,32)23-7-3-6-21(15-23)28(40)36-24-8-4-5-20(16-24)26-9-10-33-27-25(18-35-39(26)27)22-17-34-38(19-22)14-13-37-11-1-2-12-37/h3-10,15-19H,1-2,11-14H2,(H,36,40). The molecule has 204 valence electrons. The van der Waals surface area contributed by atoms with Crippen LogP contribution >= 0.6 is 0 Å². The minimum Gasteiger partial charge on any atom is -0.322 e. The van der Waals surface area contributed by atoms with Crippen LogP contribution in [-0.4, -0.2) is 54.8 Å². The average molecular weight is 546 g/mol. The van der Waals surface area contributed by atoms with Crippen LogP contribution in [0.25, 0.3) is 28.0 Å². The van der Waals surface area contributed by atoms with Crippen LogP contribution in [0.15, 0.2) is 79.4 Å². The molecule has 8 nitrogen and oxygen atoms in total. The van der Waals surface area contributed by atoms with Gasteiger partial charge in [-0.15, -0.1) is 0 Å². The van der Waals surface area contributed by atoms with Gasteiger partial charge in [-0.1, -0.05) is 18.2 Å². The number of nitrogens with one attached hydrogen (secondary N) is 1. The monoisotopic (exact) mass is 545 g/mol. The Labute approximate surface area is 228 Å². The molecule has 1 N–H and O–H groups in total. The van der Waals surface area contributed by atoms with Crippen LogP contribution in [0.5, 0.6) is 0 Å². The van der Waals surface area contributed by atoms with E-state index in [1.54, 1.807) is 35.1 Å². The third kappa shape index (κ3) is 5.32. The molecule has 0 aliphatic carbocycles. The van der Waals surface area contributed by atoms with Crippen LogP contribution in [0.3, 0.4) is 0 Å². The highest BCUT2D eigenvalue weighted by Crippen LogP contribution is 2.30. The summed E-state index contributed by atoms with van der Waals surface area (Å²) in [5, 5.41) is 11.8. The zero-order valence-corrected chi connectivity index (χ0v) is 21.5. The molecular weight excluding hydrogens is 519 g/mol. The maximum absolute atomic E-state index is 13.1. The fraction of sp³-hybridized carbons (Fsp3) is 0.241. The van der Waals surface area contributed by atoms with E-state index in [2.05, 4.69) is 25.4 Å². The number of hydrogen-bond donors (Lipinski definition) is 1. The molecule has 1 fully saturated rings. The topological polar surface area (TPSA) is 80.3 Å².